The Morgan fingerprint density at radius 3 is 2.72 bits per heavy atom. The summed E-state index contributed by atoms with van der Waals surface area (Å²) < 4.78 is 5.15. The third-order valence-corrected chi connectivity index (χ3v) is 2.67. The van der Waals surface area contributed by atoms with Crippen molar-refractivity contribution in [2.75, 3.05) is 11.9 Å². The van der Waals surface area contributed by atoms with Crippen LogP contribution >= 0.6 is 0 Å². The van der Waals surface area contributed by atoms with Crippen LogP contribution in [0.25, 0.3) is 0 Å². The molecule has 0 aliphatic carbocycles. The summed E-state index contributed by atoms with van der Waals surface area (Å²) in [6.07, 6.45) is 1.80. The Morgan fingerprint density at radius 1 is 1.22 bits per heavy atom. The van der Waals surface area contributed by atoms with Gasteiger partial charge < -0.3 is 9.84 Å². The lowest BCUT2D eigenvalue weighted by Crippen LogP contribution is -2.04. The maximum absolute atomic E-state index is 5.15. The second-order valence-electron chi connectivity index (χ2n) is 4.79. The predicted molar refractivity (Wildman–Crippen MR) is 71.5 cm³/mol. The van der Waals surface area contributed by atoms with Gasteiger partial charge in [0, 0.05) is 13.0 Å². The molecule has 0 bridgehead atoms. The molecule has 4 nitrogen and oxygen atoms in total. The first kappa shape index (κ1) is 12.6. The molecule has 0 spiro atoms. The molecule has 0 saturated heterocycles. The van der Waals surface area contributed by atoms with Gasteiger partial charge in [0.15, 0.2) is 5.82 Å². The van der Waals surface area contributed by atoms with Crippen LogP contribution in [0, 0.1) is 5.92 Å². The van der Waals surface area contributed by atoms with E-state index in [-0.39, 0.29) is 0 Å². The average molecular weight is 245 g/mol. The van der Waals surface area contributed by atoms with Crippen molar-refractivity contribution in [3.05, 3.63) is 41.7 Å². The van der Waals surface area contributed by atoms with E-state index in [4.69, 9.17) is 4.52 Å². The zero-order chi connectivity index (χ0) is 12.8. The van der Waals surface area contributed by atoms with E-state index in [1.807, 2.05) is 18.2 Å². The molecule has 0 saturated carbocycles. The van der Waals surface area contributed by atoms with Crippen LogP contribution in [0.3, 0.4) is 0 Å². The van der Waals surface area contributed by atoms with Crippen molar-refractivity contribution in [2.45, 2.75) is 26.7 Å². The average Bonchev–Trinajstić information content (AvgIpc) is 2.78. The van der Waals surface area contributed by atoms with E-state index in [0.29, 0.717) is 24.2 Å². The fourth-order valence-electron chi connectivity index (χ4n) is 1.64. The van der Waals surface area contributed by atoms with Crippen molar-refractivity contribution in [2.24, 2.45) is 5.92 Å². The van der Waals surface area contributed by atoms with Crippen LogP contribution in [0.2, 0.25) is 0 Å². The molecule has 0 unspecified atom stereocenters. The Bertz CT molecular complexity index is 465. The summed E-state index contributed by atoms with van der Waals surface area (Å²) in [5, 5.41) is 7.10. The summed E-state index contributed by atoms with van der Waals surface area (Å²) in [6, 6.07) is 10.7. The van der Waals surface area contributed by atoms with Crippen LogP contribution in [0.15, 0.2) is 34.9 Å². The van der Waals surface area contributed by atoms with Gasteiger partial charge in [-0.15, -0.1) is 0 Å². The topological polar surface area (TPSA) is 51.0 Å². The standard InChI is InChI=1S/C14H19N3O/c1-11(2)8-9-15-14-16-13(17-18-14)10-12-6-4-3-5-7-12/h3-7,11H,8-10H2,1-2H3,(H,15,16,17). The van der Waals surface area contributed by atoms with Crippen LogP contribution in [0.1, 0.15) is 31.7 Å². The number of nitrogens with zero attached hydrogens (tertiary/aromatic N) is 2. The SMILES string of the molecule is CC(C)CCNc1nc(Cc2ccccc2)no1. The Hall–Kier alpha value is -1.84. The molecule has 0 radical (unpaired) electrons. The van der Waals surface area contributed by atoms with Gasteiger partial charge in [-0.05, 0) is 17.9 Å². The second kappa shape index (κ2) is 6.19. The molecule has 0 fully saturated rings. The minimum Gasteiger partial charge on any atom is -0.338 e. The van der Waals surface area contributed by atoms with Crippen molar-refractivity contribution in [1.29, 1.82) is 0 Å². The Labute approximate surface area is 107 Å². The largest absolute Gasteiger partial charge is 0.338 e. The molecule has 0 aliphatic heterocycles. The summed E-state index contributed by atoms with van der Waals surface area (Å²) in [5.41, 5.74) is 1.19. The molecule has 0 aliphatic rings. The van der Waals surface area contributed by atoms with Crippen molar-refractivity contribution >= 4 is 6.01 Å². The number of rotatable bonds is 6. The number of hydrogen-bond acceptors (Lipinski definition) is 4. The smallest absolute Gasteiger partial charge is 0.321 e. The fraction of sp³-hybridized carbons (Fsp3) is 0.429. The maximum atomic E-state index is 5.15. The maximum Gasteiger partial charge on any atom is 0.321 e. The van der Waals surface area contributed by atoms with Crippen LogP contribution in [0.5, 0.6) is 0 Å². The summed E-state index contributed by atoms with van der Waals surface area (Å²) in [5.74, 6) is 1.39. The summed E-state index contributed by atoms with van der Waals surface area (Å²) in [7, 11) is 0. The van der Waals surface area contributed by atoms with Crippen LogP contribution in [0.4, 0.5) is 6.01 Å². The van der Waals surface area contributed by atoms with Crippen molar-refractivity contribution < 1.29 is 4.52 Å². The van der Waals surface area contributed by atoms with Crippen molar-refractivity contribution in [3.8, 4) is 0 Å². The first-order valence-corrected chi connectivity index (χ1v) is 6.34. The molecule has 1 heterocycles. The molecule has 1 N–H and O–H groups in total. The molecule has 2 aromatic rings. The quantitative estimate of drug-likeness (QED) is 0.849. The van der Waals surface area contributed by atoms with E-state index >= 15 is 0 Å². The van der Waals surface area contributed by atoms with E-state index in [1.54, 1.807) is 0 Å². The molecular weight excluding hydrogens is 226 g/mol. The molecule has 0 atom stereocenters. The van der Waals surface area contributed by atoms with Crippen LogP contribution in [-0.4, -0.2) is 16.7 Å². The van der Waals surface area contributed by atoms with Gasteiger partial charge in [0.05, 0.1) is 0 Å². The number of anilines is 1. The van der Waals surface area contributed by atoms with Gasteiger partial charge in [-0.25, -0.2) is 0 Å². The lowest BCUT2D eigenvalue weighted by Gasteiger charge is -2.03. The second-order valence-corrected chi connectivity index (χ2v) is 4.79. The number of aromatic nitrogens is 2. The van der Waals surface area contributed by atoms with Gasteiger partial charge >= 0.3 is 6.01 Å². The number of nitrogens with one attached hydrogen (secondary N) is 1. The highest BCUT2D eigenvalue weighted by molar-refractivity contribution is 5.22. The summed E-state index contributed by atoms with van der Waals surface area (Å²) in [6.45, 7) is 5.25. The lowest BCUT2D eigenvalue weighted by molar-refractivity contribution is 0.422. The normalized spacial score (nSPS) is 10.8. The predicted octanol–water partition coefficient (Wildman–Crippen LogP) is 3.12. The minimum absolute atomic E-state index is 0.515. The van der Waals surface area contributed by atoms with Gasteiger partial charge in [0.25, 0.3) is 0 Å². The highest BCUT2D eigenvalue weighted by Gasteiger charge is 2.06. The van der Waals surface area contributed by atoms with Crippen molar-refractivity contribution in [1.82, 2.24) is 10.1 Å². The van der Waals surface area contributed by atoms with Gasteiger partial charge in [0.1, 0.15) is 0 Å². The molecule has 0 amide bonds. The van der Waals surface area contributed by atoms with E-state index < -0.39 is 0 Å². The first-order valence-electron chi connectivity index (χ1n) is 6.34. The number of hydrogen-bond donors (Lipinski definition) is 1. The molecule has 1 aromatic carbocycles. The lowest BCUT2D eigenvalue weighted by atomic mass is 10.1. The monoisotopic (exact) mass is 245 g/mol. The molecule has 2 rings (SSSR count). The Morgan fingerprint density at radius 2 is 2.00 bits per heavy atom. The summed E-state index contributed by atoms with van der Waals surface area (Å²) >= 11 is 0. The van der Waals surface area contributed by atoms with Gasteiger partial charge in [-0.1, -0.05) is 49.3 Å². The molecule has 1 aromatic heterocycles. The Kier molecular flexibility index (Phi) is 4.34. The highest BCUT2D eigenvalue weighted by atomic mass is 16.5. The van der Waals surface area contributed by atoms with E-state index in [2.05, 4.69) is 41.4 Å². The van der Waals surface area contributed by atoms with Crippen LogP contribution < -0.4 is 5.32 Å². The minimum atomic E-state index is 0.515. The van der Waals surface area contributed by atoms with Crippen LogP contribution in [-0.2, 0) is 6.42 Å². The molecule has 18 heavy (non-hydrogen) atoms. The molecule has 96 valence electrons. The van der Waals surface area contributed by atoms with E-state index in [0.717, 1.165) is 13.0 Å². The van der Waals surface area contributed by atoms with Gasteiger partial charge in [0.2, 0.25) is 0 Å². The van der Waals surface area contributed by atoms with E-state index in [1.165, 1.54) is 5.56 Å². The van der Waals surface area contributed by atoms with Gasteiger partial charge in [-0.2, -0.15) is 4.98 Å². The van der Waals surface area contributed by atoms with Crippen molar-refractivity contribution in [3.63, 3.8) is 0 Å². The molecular formula is C14H19N3O. The highest BCUT2D eigenvalue weighted by Crippen LogP contribution is 2.09. The fourth-order valence-corrected chi connectivity index (χ4v) is 1.64. The molecule has 4 heteroatoms. The third-order valence-electron chi connectivity index (χ3n) is 2.67. The van der Waals surface area contributed by atoms with E-state index in [9.17, 15) is 0 Å². The number of benzene rings is 1. The zero-order valence-corrected chi connectivity index (χ0v) is 10.9. The van der Waals surface area contributed by atoms with Gasteiger partial charge in [-0.3, -0.25) is 0 Å². The summed E-state index contributed by atoms with van der Waals surface area (Å²) in [4.78, 5) is 4.31. The zero-order valence-electron chi connectivity index (χ0n) is 10.9. The Balaban J connectivity index is 1.86. The first-order chi connectivity index (χ1) is 8.74. The third kappa shape index (κ3) is 3.87.